The summed E-state index contributed by atoms with van der Waals surface area (Å²) in [5.41, 5.74) is 5.17. The number of esters is 1. The number of aryl methyl sites for hydroxylation is 2. The van der Waals surface area contributed by atoms with E-state index in [1.165, 1.54) is 18.9 Å². The number of methoxy groups -OCH3 is 1. The number of fused-ring (bicyclic) bond motifs is 1. The minimum Gasteiger partial charge on any atom is -0.467 e. The Labute approximate surface area is 197 Å². The van der Waals surface area contributed by atoms with Gasteiger partial charge in [0.05, 0.1) is 43.7 Å². The number of benzene rings is 1. The molecule has 0 bridgehead atoms. The molecule has 0 fully saturated rings. The highest BCUT2D eigenvalue weighted by atomic mass is 32.2. The van der Waals surface area contributed by atoms with Gasteiger partial charge in [0.1, 0.15) is 5.76 Å². The van der Waals surface area contributed by atoms with Crippen molar-refractivity contribution in [3.8, 4) is 0 Å². The smallest absolute Gasteiger partial charge is 0.338 e. The number of nitrogens with one attached hydrogen (secondary N) is 1. The molecule has 0 spiro atoms. The maximum atomic E-state index is 13.0. The Bertz CT molecular complexity index is 1160. The summed E-state index contributed by atoms with van der Waals surface area (Å²) in [4.78, 5) is 32.5. The van der Waals surface area contributed by atoms with E-state index >= 15 is 0 Å². The molecular formula is C25H27N3O4S. The number of nitrogens with zero attached hydrogens (tertiary/aromatic N) is 2. The van der Waals surface area contributed by atoms with Crippen molar-refractivity contribution in [2.24, 2.45) is 4.99 Å². The van der Waals surface area contributed by atoms with Crippen molar-refractivity contribution in [1.82, 2.24) is 10.2 Å². The molecule has 172 valence electrons. The summed E-state index contributed by atoms with van der Waals surface area (Å²) in [6.07, 6.45) is 2.33. The second kappa shape index (κ2) is 9.70. The van der Waals surface area contributed by atoms with Crippen molar-refractivity contribution >= 4 is 28.8 Å². The van der Waals surface area contributed by atoms with Crippen molar-refractivity contribution in [3.05, 3.63) is 81.4 Å². The van der Waals surface area contributed by atoms with Crippen molar-refractivity contribution in [3.63, 3.8) is 0 Å². The number of carbonyl (C=O) groups is 2. The summed E-state index contributed by atoms with van der Waals surface area (Å²) in [6, 6.07) is 9.39. The number of aliphatic imine (C=N–C) groups is 1. The molecule has 0 unspecified atom stereocenters. The Morgan fingerprint density at radius 3 is 2.79 bits per heavy atom. The van der Waals surface area contributed by atoms with Gasteiger partial charge in [0.2, 0.25) is 5.91 Å². The van der Waals surface area contributed by atoms with Crippen LogP contribution in [0.1, 0.15) is 48.3 Å². The van der Waals surface area contributed by atoms with E-state index in [1.807, 2.05) is 37.1 Å². The van der Waals surface area contributed by atoms with Gasteiger partial charge in [0, 0.05) is 5.70 Å². The Morgan fingerprint density at radius 2 is 2.09 bits per heavy atom. The summed E-state index contributed by atoms with van der Waals surface area (Å²) in [5, 5.41) is 5.60. The van der Waals surface area contributed by atoms with Crippen molar-refractivity contribution in [1.29, 1.82) is 0 Å². The van der Waals surface area contributed by atoms with Crippen LogP contribution in [0, 0.1) is 13.8 Å². The fourth-order valence-electron chi connectivity index (χ4n) is 4.09. The Hall–Kier alpha value is -3.26. The molecule has 0 saturated carbocycles. The largest absolute Gasteiger partial charge is 0.467 e. The highest BCUT2D eigenvalue weighted by molar-refractivity contribution is 8.16. The van der Waals surface area contributed by atoms with Gasteiger partial charge in [-0.1, -0.05) is 42.4 Å². The fourth-order valence-corrected chi connectivity index (χ4v) is 5.02. The first-order valence-electron chi connectivity index (χ1n) is 10.8. The molecule has 0 aliphatic carbocycles. The lowest BCUT2D eigenvalue weighted by molar-refractivity contribution is -0.136. The highest BCUT2D eigenvalue weighted by Crippen LogP contribution is 2.46. The monoisotopic (exact) mass is 465 g/mol. The van der Waals surface area contributed by atoms with Crippen LogP contribution in [0.15, 0.2) is 68.4 Å². The summed E-state index contributed by atoms with van der Waals surface area (Å²) in [6.45, 7) is 6.36. The lowest BCUT2D eigenvalue weighted by Crippen LogP contribution is -2.38. The number of hydrogen-bond acceptors (Lipinski definition) is 7. The normalized spacial score (nSPS) is 17.5. The topological polar surface area (TPSA) is 84.1 Å². The van der Waals surface area contributed by atoms with Crippen LogP contribution in [0.25, 0.3) is 0 Å². The van der Waals surface area contributed by atoms with Crippen molar-refractivity contribution in [2.45, 2.75) is 46.2 Å². The molecular weight excluding hydrogens is 438 g/mol. The first-order valence-corrected chi connectivity index (χ1v) is 11.7. The van der Waals surface area contributed by atoms with E-state index in [4.69, 9.17) is 14.1 Å². The van der Waals surface area contributed by atoms with Crippen LogP contribution in [0.4, 0.5) is 0 Å². The van der Waals surface area contributed by atoms with Crippen molar-refractivity contribution < 1.29 is 18.7 Å². The molecule has 2 aromatic rings. The van der Waals surface area contributed by atoms with Gasteiger partial charge in [-0.2, -0.15) is 0 Å². The van der Waals surface area contributed by atoms with Gasteiger partial charge in [0.25, 0.3) is 0 Å². The number of hydrogen-bond donors (Lipinski definition) is 1. The Balaban J connectivity index is 1.69. The van der Waals surface area contributed by atoms with Gasteiger partial charge in [-0.3, -0.25) is 4.79 Å². The lowest BCUT2D eigenvalue weighted by Gasteiger charge is -2.37. The van der Waals surface area contributed by atoms with E-state index in [2.05, 4.69) is 23.5 Å². The van der Waals surface area contributed by atoms with Crippen LogP contribution in [0.5, 0.6) is 0 Å². The second-order valence-corrected chi connectivity index (χ2v) is 8.83. The van der Waals surface area contributed by atoms with Gasteiger partial charge < -0.3 is 19.4 Å². The standard InChI is InChI=1S/C25H27N3O4S/c1-5-20-22(24(30)31-4)23(19-11-15(2)8-9-16(19)3)28-17(14-33-25(28)27-20)12-21(29)26-13-18-7-6-10-32-18/h6-11,14,23H,5,12-13H2,1-4H3,(H,26,29)/t23-/m0/s1. The average Bonchev–Trinajstić information content (AvgIpc) is 3.47. The average molecular weight is 466 g/mol. The van der Waals surface area contributed by atoms with E-state index in [-0.39, 0.29) is 12.3 Å². The van der Waals surface area contributed by atoms with Crippen LogP contribution < -0.4 is 5.32 Å². The van der Waals surface area contributed by atoms with Crippen LogP contribution in [0.2, 0.25) is 0 Å². The zero-order chi connectivity index (χ0) is 23.5. The molecule has 33 heavy (non-hydrogen) atoms. The molecule has 3 heterocycles. The van der Waals surface area contributed by atoms with Crippen molar-refractivity contribution in [2.75, 3.05) is 7.11 Å². The molecule has 0 radical (unpaired) electrons. The number of amidine groups is 1. The Kier molecular flexibility index (Phi) is 6.74. The van der Waals surface area contributed by atoms with Gasteiger partial charge in [-0.25, -0.2) is 9.79 Å². The summed E-state index contributed by atoms with van der Waals surface area (Å²) >= 11 is 1.47. The van der Waals surface area contributed by atoms with Gasteiger partial charge in [0.15, 0.2) is 5.17 Å². The maximum Gasteiger partial charge on any atom is 0.338 e. The quantitative estimate of drug-likeness (QED) is 0.595. The van der Waals surface area contributed by atoms with Crippen LogP contribution in [-0.2, 0) is 20.9 Å². The van der Waals surface area contributed by atoms with Gasteiger partial charge in [-0.15, -0.1) is 0 Å². The zero-order valence-corrected chi connectivity index (χ0v) is 20.0. The molecule has 1 amide bonds. The Morgan fingerprint density at radius 1 is 1.27 bits per heavy atom. The number of allylic oxidation sites excluding steroid dienone is 1. The molecule has 4 rings (SSSR count). The highest BCUT2D eigenvalue weighted by Gasteiger charge is 2.42. The number of amides is 1. The number of rotatable bonds is 7. The predicted octanol–water partition coefficient (Wildman–Crippen LogP) is 4.74. The molecule has 8 heteroatoms. The third-order valence-corrected chi connectivity index (χ3v) is 6.63. The molecule has 1 aromatic carbocycles. The third-order valence-electron chi connectivity index (χ3n) is 5.74. The SMILES string of the molecule is CCC1=C(C(=O)OC)[C@H](c2cc(C)ccc2C)N2C(CC(=O)NCc3ccco3)=CSC2=N1. The zero-order valence-electron chi connectivity index (χ0n) is 19.2. The van der Waals surface area contributed by atoms with E-state index in [0.29, 0.717) is 30.0 Å². The fraction of sp³-hybridized carbons (Fsp3) is 0.320. The van der Waals surface area contributed by atoms with E-state index in [1.54, 1.807) is 12.3 Å². The molecule has 7 nitrogen and oxygen atoms in total. The van der Waals surface area contributed by atoms with E-state index < -0.39 is 12.0 Å². The number of ether oxygens (including phenoxy) is 1. The predicted molar refractivity (Wildman–Crippen MR) is 128 cm³/mol. The molecule has 0 saturated heterocycles. The molecule has 2 aliphatic heterocycles. The van der Waals surface area contributed by atoms with Crippen LogP contribution >= 0.6 is 11.8 Å². The maximum absolute atomic E-state index is 13.0. The number of carbonyl (C=O) groups excluding carboxylic acids is 2. The molecule has 1 N–H and O–H groups in total. The van der Waals surface area contributed by atoms with Crippen LogP contribution in [-0.4, -0.2) is 29.1 Å². The minimum atomic E-state index is -0.418. The van der Waals surface area contributed by atoms with E-state index in [0.717, 1.165) is 27.6 Å². The summed E-state index contributed by atoms with van der Waals surface area (Å²) < 4.78 is 10.5. The first kappa shape index (κ1) is 22.9. The van der Waals surface area contributed by atoms with Gasteiger partial charge in [-0.05, 0) is 48.9 Å². The summed E-state index contributed by atoms with van der Waals surface area (Å²) in [7, 11) is 1.39. The molecule has 1 atom stereocenters. The molecule has 1 aromatic heterocycles. The first-order chi connectivity index (χ1) is 15.9. The molecule has 2 aliphatic rings. The number of thioether (sulfide) groups is 1. The lowest BCUT2D eigenvalue weighted by atomic mass is 9.89. The minimum absolute atomic E-state index is 0.135. The van der Waals surface area contributed by atoms with Gasteiger partial charge >= 0.3 is 5.97 Å². The second-order valence-electron chi connectivity index (χ2n) is 7.99. The number of furan rings is 1. The van der Waals surface area contributed by atoms with E-state index in [9.17, 15) is 9.59 Å². The summed E-state index contributed by atoms with van der Waals surface area (Å²) in [5.74, 6) is 0.151. The van der Waals surface area contributed by atoms with Crippen LogP contribution in [0.3, 0.4) is 0 Å². The third kappa shape index (κ3) is 4.61.